The second-order valence-corrected chi connectivity index (χ2v) is 14.3. The fourth-order valence-electron chi connectivity index (χ4n) is 4.62. The largest absolute Gasteiger partial charge is 0.472 e. The van der Waals surface area contributed by atoms with Gasteiger partial charge in [-0.3, -0.25) is 23.4 Å². The molecule has 2 atom stereocenters. The van der Waals surface area contributed by atoms with Gasteiger partial charge in [-0.25, -0.2) is 4.57 Å². The Morgan fingerprint density at radius 2 is 1.12 bits per heavy atom. The van der Waals surface area contributed by atoms with Crippen LogP contribution in [0.2, 0.25) is 0 Å². The van der Waals surface area contributed by atoms with Crippen molar-refractivity contribution in [2.75, 3.05) is 26.4 Å². The predicted molar refractivity (Wildman–Crippen MR) is 229 cm³/mol. The molecule has 0 rings (SSSR count). The number of phosphoric acid groups is 1. The van der Waals surface area contributed by atoms with E-state index in [2.05, 4.69) is 68.5 Å². The number of nitrogens with two attached hydrogens (primary N) is 1. The summed E-state index contributed by atoms with van der Waals surface area (Å²) >= 11 is 0. The molecule has 0 aliphatic carbocycles. The Hall–Kier alpha value is -3.66. The van der Waals surface area contributed by atoms with Gasteiger partial charge in [-0.1, -0.05) is 130 Å². The third-order valence-electron chi connectivity index (χ3n) is 7.62. The minimum Gasteiger partial charge on any atom is -0.462 e. The highest BCUT2D eigenvalue weighted by molar-refractivity contribution is 7.47. The highest BCUT2D eigenvalue weighted by atomic mass is 31.2. The summed E-state index contributed by atoms with van der Waals surface area (Å²) < 4.78 is 32.6. The van der Waals surface area contributed by atoms with E-state index < -0.39 is 32.5 Å². The Kier molecular flexibility index (Phi) is 37.0. The second kappa shape index (κ2) is 39.6. The van der Waals surface area contributed by atoms with E-state index in [1.807, 2.05) is 42.5 Å². The number of rotatable bonds is 36. The summed E-state index contributed by atoms with van der Waals surface area (Å²) in [5.41, 5.74) is 5.33. The van der Waals surface area contributed by atoms with E-state index in [1.54, 1.807) is 12.2 Å². The SMILES string of the molecule is CC/C=C\C/C=C\C/C=C\C/C=C\C/C=C\CCCC(=O)O[C@H](COC(=O)CCC/C=C\C/C=C\C/C=C\C=C\C(=O)CCCCC)COP(=O)(O)OCCN. The maximum Gasteiger partial charge on any atom is 0.472 e. The second-order valence-electron chi connectivity index (χ2n) is 12.8. The Bertz CT molecular complexity index is 1340. The van der Waals surface area contributed by atoms with Gasteiger partial charge in [-0.2, -0.15) is 0 Å². The molecule has 0 bridgehead atoms. The van der Waals surface area contributed by atoms with Crippen molar-refractivity contribution in [3.05, 3.63) is 109 Å². The molecule has 0 aliphatic heterocycles. The fourth-order valence-corrected chi connectivity index (χ4v) is 5.38. The lowest BCUT2D eigenvalue weighted by Gasteiger charge is -2.19. The summed E-state index contributed by atoms with van der Waals surface area (Å²) in [6, 6.07) is 0. The van der Waals surface area contributed by atoms with Gasteiger partial charge in [0.15, 0.2) is 11.9 Å². The zero-order chi connectivity index (χ0) is 41.2. The summed E-state index contributed by atoms with van der Waals surface area (Å²) in [7, 11) is -4.42. The van der Waals surface area contributed by atoms with Crippen LogP contribution in [0.25, 0.3) is 0 Å². The number of carbonyl (C=O) groups excluding carboxylic acids is 3. The maximum atomic E-state index is 12.5. The van der Waals surface area contributed by atoms with Crippen molar-refractivity contribution in [3.8, 4) is 0 Å². The van der Waals surface area contributed by atoms with E-state index in [-0.39, 0.29) is 38.4 Å². The van der Waals surface area contributed by atoms with Gasteiger partial charge < -0.3 is 20.1 Å². The number of unbranched alkanes of at least 4 members (excludes halogenated alkanes) is 4. The van der Waals surface area contributed by atoms with Crippen LogP contribution in [0.15, 0.2) is 109 Å². The van der Waals surface area contributed by atoms with Crippen molar-refractivity contribution in [1.29, 1.82) is 0 Å². The molecule has 0 aromatic heterocycles. The zero-order valence-corrected chi connectivity index (χ0v) is 35.0. The summed E-state index contributed by atoms with van der Waals surface area (Å²) in [5, 5.41) is 0. The minimum absolute atomic E-state index is 0.0214. The highest BCUT2D eigenvalue weighted by Crippen LogP contribution is 2.43. The van der Waals surface area contributed by atoms with Crippen molar-refractivity contribution in [2.24, 2.45) is 5.73 Å². The zero-order valence-electron chi connectivity index (χ0n) is 34.1. The van der Waals surface area contributed by atoms with E-state index in [4.69, 9.17) is 24.3 Å². The van der Waals surface area contributed by atoms with Gasteiger partial charge in [0.05, 0.1) is 13.2 Å². The number of hydrogen-bond acceptors (Lipinski definition) is 9. The van der Waals surface area contributed by atoms with Crippen LogP contribution in [-0.4, -0.2) is 55.1 Å². The molecule has 0 radical (unpaired) electrons. The van der Waals surface area contributed by atoms with E-state index in [0.717, 1.165) is 64.2 Å². The topological polar surface area (TPSA) is 151 Å². The van der Waals surface area contributed by atoms with Crippen molar-refractivity contribution >= 4 is 25.5 Å². The van der Waals surface area contributed by atoms with Gasteiger partial charge in [0.1, 0.15) is 6.61 Å². The molecule has 0 heterocycles. The number of ether oxygens (including phenoxy) is 2. The number of ketones is 1. The Labute approximate surface area is 337 Å². The lowest BCUT2D eigenvalue weighted by atomic mass is 10.1. The van der Waals surface area contributed by atoms with Crippen LogP contribution in [0, 0.1) is 0 Å². The van der Waals surface area contributed by atoms with Crippen LogP contribution in [0.1, 0.15) is 123 Å². The normalized spacial score (nSPS) is 14.4. The molecule has 1 unspecified atom stereocenters. The molecule has 314 valence electrons. The van der Waals surface area contributed by atoms with Crippen LogP contribution < -0.4 is 5.73 Å². The van der Waals surface area contributed by atoms with Crippen molar-refractivity contribution in [2.45, 2.75) is 129 Å². The van der Waals surface area contributed by atoms with Gasteiger partial charge >= 0.3 is 19.8 Å². The van der Waals surface area contributed by atoms with Crippen molar-refractivity contribution in [3.63, 3.8) is 0 Å². The van der Waals surface area contributed by atoms with Gasteiger partial charge in [0.2, 0.25) is 0 Å². The summed E-state index contributed by atoms with van der Waals surface area (Å²) in [4.78, 5) is 46.5. The Morgan fingerprint density at radius 1 is 0.607 bits per heavy atom. The van der Waals surface area contributed by atoms with Gasteiger partial charge in [-0.15, -0.1) is 0 Å². The quantitative estimate of drug-likeness (QED) is 0.0156. The summed E-state index contributed by atoms with van der Waals surface area (Å²) in [5.74, 6) is -0.848. The molecule has 0 aromatic carbocycles. The van der Waals surface area contributed by atoms with Crippen LogP contribution in [0.5, 0.6) is 0 Å². The lowest BCUT2D eigenvalue weighted by molar-refractivity contribution is -0.161. The predicted octanol–water partition coefficient (Wildman–Crippen LogP) is 10.8. The first-order valence-corrected chi connectivity index (χ1v) is 21.8. The number of carbonyl (C=O) groups is 3. The van der Waals surface area contributed by atoms with Gasteiger partial charge in [-0.05, 0) is 83.1 Å². The molecule has 10 nitrogen and oxygen atoms in total. The molecule has 0 spiro atoms. The lowest BCUT2D eigenvalue weighted by Crippen LogP contribution is -2.29. The Balaban J connectivity index is 4.46. The number of allylic oxidation sites excluding steroid dienone is 18. The molecule has 3 N–H and O–H groups in total. The average Bonchev–Trinajstić information content (AvgIpc) is 3.18. The van der Waals surface area contributed by atoms with Crippen LogP contribution in [0.4, 0.5) is 0 Å². The first-order chi connectivity index (χ1) is 27.2. The van der Waals surface area contributed by atoms with Crippen molar-refractivity contribution in [1.82, 2.24) is 0 Å². The van der Waals surface area contributed by atoms with Crippen LogP contribution in [-0.2, 0) is 37.5 Å². The molecule has 56 heavy (non-hydrogen) atoms. The van der Waals surface area contributed by atoms with E-state index >= 15 is 0 Å². The molecule has 11 heteroatoms. The molecule has 0 aromatic rings. The fraction of sp³-hybridized carbons (Fsp3) is 0.533. The molecule has 0 fully saturated rings. The van der Waals surface area contributed by atoms with Crippen LogP contribution >= 0.6 is 7.82 Å². The van der Waals surface area contributed by atoms with E-state index in [9.17, 15) is 23.8 Å². The molecule has 0 amide bonds. The smallest absolute Gasteiger partial charge is 0.462 e. The number of hydrogen-bond donors (Lipinski definition) is 2. The molecule has 0 saturated heterocycles. The Morgan fingerprint density at radius 3 is 1.66 bits per heavy atom. The molecule has 0 aliphatic rings. The number of phosphoric ester groups is 1. The summed E-state index contributed by atoms with van der Waals surface area (Å²) in [6.07, 6.45) is 48.3. The third-order valence-corrected chi connectivity index (χ3v) is 8.60. The standard InChI is InChI=1S/C45H70NO9P/c1-3-5-7-8-9-10-11-12-13-14-15-16-19-23-26-29-33-37-45(49)55-43(41-54-56(50,51)53-39-38-46)40-52-44(48)36-32-28-25-22-20-17-18-21-24-27-31-35-42(47)34-30-6-4-2/h5,7,9-10,12-13,15-18,22-27,31,35,43H,3-4,6,8,11,14,19-21,28-30,32-34,36-41,46H2,1-2H3,(H,50,51)/b7-5-,10-9-,13-12-,16-15-,18-17-,25-22-,26-23-,27-24-,35-31+/t43-/m1/s1. The maximum absolute atomic E-state index is 12.5. The third kappa shape index (κ3) is 38.6. The molecular formula is C45H70NO9P. The van der Waals surface area contributed by atoms with Gasteiger partial charge in [0, 0.05) is 25.8 Å². The monoisotopic (exact) mass is 799 g/mol. The number of esters is 2. The van der Waals surface area contributed by atoms with Crippen LogP contribution in [0.3, 0.4) is 0 Å². The first-order valence-electron chi connectivity index (χ1n) is 20.3. The van der Waals surface area contributed by atoms with Gasteiger partial charge in [0.25, 0.3) is 0 Å². The molecular weight excluding hydrogens is 729 g/mol. The van der Waals surface area contributed by atoms with Crippen molar-refractivity contribution < 1.29 is 42.4 Å². The van der Waals surface area contributed by atoms with E-state index in [0.29, 0.717) is 32.1 Å². The summed E-state index contributed by atoms with van der Waals surface area (Å²) in [6.45, 7) is 3.26. The average molecular weight is 800 g/mol. The first kappa shape index (κ1) is 52.3. The minimum atomic E-state index is -4.42. The van der Waals surface area contributed by atoms with E-state index in [1.165, 1.54) is 0 Å². The highest BCUT2D eigenvalue weighted by Gasteiger charge is 2.25. The molecule has 0 saturated carbocycles.